The topological polar surface area (TPSA) is 83.2 Å². The summed E-state index contributed by atoms with van der Waals surface area (Å²) in [6.07, 6.45) is 9.52. The summed E-state index contributed by atoms with van der Waals surface area (Å²) in [5, 5.41) is 14.7. The maximum atomic E-state index is 9.28. The largest absolute Gasteiger partial charge is 0.346 e. The van der Waals surface area contributed by atoms with Crippen LogP contribution in [0.3, 0.4) is 0 Å². The highest BCUT2D eigenvalue weighted by Crippen LogP contribution is 2.28. The van der Waals surface area contributed by atoms with E-state index in [4.69, 9.17) is 0 Å². The van der Waals surface area contributed by atoms with Crippen LogP contribution >= 0.6 is 11.8 Å². The van der Waals surface area contributed by atoms with Gasteiger partial charge in [-0.15, -0.1) is 11.8 Å². The smallest absolute Gasteiger partial charge is 0.141 e. The summed E-state index contributed by atoms with van der Waals surface area (Å²) in [4.78, 5) is 12.9. The Labute approximate surface area is 154 Å². The van der Waals surface area contributed by atoms with Gasteiger partial charge in [0.25, 0.3) is 0 Å². The summed E-state index contributed by atoms with van der Waals surface area (Å²) in [6, 6.07) is 12.4. The number of thioether (sulfide) groups is 1. The van der Waals surface area contributed by atoms with E-state index in [1.165, 1.54) is 4.90 Å². The normalized spacial score (nSPS) is 12.2. The molecule has 4 aromatic rings. The molecule has 0 bridgehead atoms. The molecule has 6 nitrogen and oxygen atoms in total. The number of aromatic nitrogens is 5. The van der Waals surface area contributed by atoms with E-state index in [2.05, 4.69) is 50.4 Å². The number of benzene rings is 1. The summed E-state index contributed by atoms with van der Waals surface area (Å²) in [5.74, 6) is 0. The molecule has 0 amide bonds. The molecule has 0 fully saturated rings. The lowest BCUT2D eigenvalue weighted by Crippen LogP contribution is -2.10. The van der Waals surface area contributed by atoms with Crippen molar-refractivity contribution in [1.82, 2.24) is 24.7 Å². The third-order valence-corrected chi connectivity index (χ3v) is 5.08. The van der Waals surface area contributed by atoms with Crippen LogP contribution in [0.2, 0.25) is 0 Å². The van der Waals surface area contributed by atoms with Crippen molar-refractivity contribution in [2.24, 2.45) is 0 Å². The van der Waals surface area contributed by atoms with Crippen LogP contribution in [-0.2, 0) is 0 Å². The highest BCUT2D eigenvalue weighted by Gasteiger charge is 2.17. The van der Waals surface area contributed by atoms with E-state index in [0.717, 1.165) is 27.9 Å². The maximum absolute atomic E-state index is 9.28. The second-order valence-electron chi connectivity index (χ2n) is 5.82. The van der Waals surface area contributed by atoms with E-state index >= 15 is 0 Å². The Morgan fingerprint density at radius 1 is 1.23 bits per heavy atom. The van der Waals surface area contributed by atoms with Crippen molar-refractivity contribution in [2.45, 2.75) is 17.4 Å². The molecule has 0 aliphatic rings. The van der Waals surface area contributed by atoms with Crippen LogP contribution in [0.4, 0.5) is 0 Å². The molecule has 0 saturated heterocycles. The zero-order chi connectivity index (χ0) is 17.9. The van der Waals surface area contributed by atoms with Gasteiger partial charge in [0, 0.05) is 28.2 Å². The Balaban J connectivity index is 1.72. The second kappa shape index (κ2) is 7.02. The predicted octanol–water partition coefficient (Wildman–Crippen LogP) is 4.05. The Morgan fingerprint density at radius 2 is 2.08 bits per heavy atom. The van der Waals surface area contributed by atoms with E-state index in [9.17, 15) is 5.26 Å². The van der Waals surface area contributed by atoms with Gasteiger partial charge < -0.3 is 4.98 Å². The fraction of sp³-hybridized carbons (Fsp3) is 0.158. The lowest BCUT2D eigenvalue weighted by atomic mass is 10.0. The molecule has 26 heavy (non-hydrogen) atoms. The molecule has 3 aromatic heterocycles. The van der Waals surface area contributed by atoms with E-state index in [1.807, 2.05) is 29.4 Å². The molecule has 4 rings (SSSR count). The molecule has 1 unspecified atom stereocenters. The second-order valence-corrected chi connectivity index (χ2v) is 6.70. The molecule has 1 atom stereocenters. The van der Waals surface area contributed by atoms with Gasteiger partial charge in [0.15, 0.2) is 0 Å². The first kappa shape index (κ1) is 16.4. The number of rotatable bonds is 5. The highest BCUT2D eigenvalue weighted by atomic mass is 32.2. The van der Waals surface area contributed by atoms with Crippen LogP contribution < -0.4 is 0 Å². The summed E-state index contributed by atoms with van der Waals surface area (Å²) in [6.45, 7) is 0. The summed E-state index contributed by atoms with van der Waals surface area (Å²) >= 11 is 1.70. The molecule has 0 spiro atoms. The van der Waals surface area contributed by atoms with Crippen molar-refractivity contribution in [2.75, 3.05) is 6.26 Å². The number of hydrogen-bond donors (Lipinski definition) is 1. The van der Waals surface area contributed by atoms with Gasteiger partial charge in [-0.3, -0.25) is 4.68 Å². The van der Waals surface area contributed by atoms with Crippen molar-refractivity contribution in [3.05, 3.63) is 60.8 Å². The van der Waals surface area contributed by atoms with Crippen LogP contribution in [0.25, 0.3) is 22.3 Å². The average molecular weight is 360 g/mol. The van der Waals surface area contributed by atoms with Gasteiger partial charge in [0.05, 0.1) is 30.4 Å². The van der Waals surface area contributed by atoms with Gasteiger partial charge in [-0.25, -0.2) is 9.97 Å². The minimum absolute atomic E-state index is 0.131. The number of nitrogens with zero attached hydrogens (tertiary/aromatic N) is 5. The first-order chi connectivity index (χ1) is 12.8. The third kappa shape index (κ3) is 2.95. The Morgan fingerprint density at radius 3 is 2.85 bits per heavy atom. The summed E-state index contributed by atoms with van der Waals surface area (Å²) in [5.41, 5.74) is 3.59. The average Bonchev–Trinajstić information content (AvgIpc) is 3.35. The van der Waals surface area contributed by atoms with Crippen molar-refractivity contribution in [3.8, 4) is 17.3 Å². The van der Waals surface area contributed by atoms with Crippen molar-refractivity contribution in [3.63, 3.8) is 0 Å². The fourth-order valence-corrected chi connectivity index (χ4v) is 3.42. The van der Waals surface area contributed by atoms with Crippen LogP contribution in [0, 0.1) is 11.3 Å². The minimum Gasteiger partial charge on any atom is -0.346 e. The standard InChI is InChI=1S/C19H16N6S/c1-26-15-4-2-13(3-5-15)17(6-8-20)25-11-14(10-24-25)18-16-7-9-21-19(16)23-12-22-18/h2-5,7,9-12,17H,6H2,1H3,(H,21,22,23). The minimum atomic E-state index is -0.131. The first-order valence-corrected chi connectivity index (χ1v) is 9.36. The SMILES string of the molecule is CSc1ccc(C(CC#N)n2cc(-c3ncnc4[nH]ccc34)cn2)cc1. The zero-order valence-electron chi connectivity index (χ0n) is 14.1. The van der Waals surface area contributed by atoms with E-state index in [0.29, 0.717) is 6.42 Å². The molecule has 3 heterocycles. The van der Waals surface area contributed by atoms with Crippen molar-refractivity contribution < 1.29 is 0 Å². The zero-order valence-corrected chi connectivity index (χ0v) is 14.9. The van der Waals surface area contributed by atoms with Gasteiger partial charge in [-0.1, -0.05) is 12.1 Å². The molecule has 7 heteroatoms. The molecule has 128 valence electrons. The van der Waals surface area contributed by atoms with E-state index < -0.39 is 0 Å². The van der Waals surface area contributed by atoms with Crippen LogP contribution in [0.1, 0.15) is 18.0 Å². The van der Waals surface area contributed by atoms with Gasteiger partial charge in [0.1, 0.15) is 12.0 Å². The molecule has 0 saturated carbocycles. The first-order valence-electron chi connectivity index (χ1n) is 8.13. The maximum Gasteiger partial charge on any atom is 0.141 e. The number of fused-ring (bicyclic) bond motifs is 1. The number of aromatic amines is 1. The lowest BCUT2D eigenvalue weighted by Gasteiger charge is -2.15. The molecular weight excluding hydrogens is 344 g/mol. The van der Waals surface area contributed by atoms with Crippen LogP contribution in [0.15, 0.2) is 60.1 Å². The molecular formula is C19H16N6S. The van der Waals surface area contributed by atoms with Gasteiger partial charge in [0.2, 0.25) is 0 Å². The number of nitrogens with one attached hydrogen (secondary N) is 1. The highest BCUT2D eigenvalue weighted by molar-refractivity contribution is 7.98. The fourth-order valence-electron chi connectivity index (χ4n) is 3.01. The molecule has 0 aliphatic heterocycles. The van der Waals surface area contributed by atoms with Crippen LogP contribution in [-0.4, -0.2) is 31.0 Å². The number of H-pyrrole nitrogens is 1. The quantitative estimate of drug-likeness (QED) is 0.543. The third-order valence-electron chi connectivity index (χ3n) is 4.33. The van der Waals surface area contributed by atoms with Gasteiger partial charge in [-0.05, 0) is 30.0 Å². The Kier molecular flexibility index (Phi) is 4.42. The lowest BCUT2D eigenvalue weighted by molar-refractivity contribution is 0.532. The van der Waals surface area contributed by atoms with Crippen molar-refractivity contribution in [1.29, 1.82) is 5.26 Å². The van der Waals surface area contributed by atoms with Gasteiger partial charge in [-0.2, -0.15) is 10.4 Å². The van der Waals surface area contributed by atoms with E-state index in [1.54, 1.807) is 24.3 Å². The number of nitriles is 1. The van der Waals surface area contributed by atoms with E-state index in [-0.39, 0.29) is 6.04 Å². The molecule has 1 N–H and O–H groups in total. The summed E-state index contributed by atoms with van der Waals surface area (Å²) in [7, 11) is 0. The molecule has 1 aromatic carbocycles. The molecule has 0 radical (unpaired) electrons. The summed E-state index contributed by atoms with van der Waals surface area (Å²) < 4.78 is 1.84. The Hall–Kier alpha value is -3.11. The molecule has 0 aliphatic carbocycles. The number of hydrogen-bond acceptors (Lipinski definition) is 5. The predicted molar refractivity (Wildman–Crippen MR) is 102 cm³/mol. The van der Waals surface area contributed by atoms with Crippen LogP contribution in [0.5, 0.6) is 0 Å². The van der Waals surface area contributed by atoms with Gasteiger partial charge >= 0.3 is 0 Å². The van der Waals surface area contributed by atoms with Crippen molar-refractivity contribution >= 4 is 22.8 Å². The Bertz CT molecular complexity index is 1070. The monoisotopic (exact) mass is 360 g/mol.